The van der Waals surface area contributed by atoms with E-state index in [1.54, 1.807) is 12.1 Å². The Hall–Kier alpha value is -2.49. The minimum absolute atomic E-state index is 0.00512. The minimum atomic E-state index is -3.95. The topological polar surface area (TPSA) is 73.3 Å². The highest BCUT2D eigenvalue weighted by molar-refractivity contribution is 9.10. The van der Waals surface area contributed by atoms with E-state index in [4.69, 9.17) is 4.18 Å². The van der Waals surface area contributed by atoms with E-state index in [0.29, 0.717) is 5.56 Å². The van der Waals surface area contributed by atoms with Gasteiger partial charge in [-0.2, -0.15) is 8.42 Å². The fourth-order valence-electron chi connectivity index (χ4n) is 2.24. The molecule has 0 amide bonds. The highest BCUT2D eigenvalue weighted by Gasteiger charge is 2.16. The van der Waals surface area contributed by atoms with Gasteiger partial charge in [0.1, 0.15) is 5.69 Å². The summed E-state index contributed by atoms with van der Waals surface area (Å²) in [6.45, 7) is -0.273. The summed E-state index contributed by atoms with van der Waals surface area (Å²) >= 11 is 3.22. The Bertz CT molecular complexity index is 1120. The fourth-order valence-corrected chi connectivity index (χ4v) is 3.41. The molecule has 3 rings (SSSR count). The zero-order chi connectivity index (χ0) is 20.3. The number of hydrogen-bond donors (Lipinski definition) is 0. The molecule has 144 valence electrons. The Labute approximate surface area is 168 Å². The number of nitrogens with zero attached hydrogens (tertiary/aromatic N) is 1. The maximum atomic E-state index is 13.3. The normalized spacial score (nSPS) is 11.4. The first-order valence-electron chi connectivity index (χ1n) is 7.86. The molecule has 0 aliphatic carbocycles. The van der Waals surface area contributed by atoms with Crippen LogP contribution in [0.3, 0.4) is 0 Å². The molecule has 2 aromatic carbocycles. The van der Waals surface area contributed by atoms with Gasteiger partial charge in [-0.25, -0.2) is 8.78 Å². The zero-order valence-electron chi connectivity index (χ0n) is 14.1. The third kappa shape index (κ3) is 4.67. The van der Waals surface area contributed by atoms with Gasteiger partial charge in [0.2, 0.25) is 5.78 Å². The molecule has 0 spiro atoms. The lowest BCUT2D eigenvalue weighted by Crippen LogP contribution is -2.08. The first-order valence-corrected chi connectivity index (χ1v) is 10.1. The Morgan fingerprint density at radius 2 is 1.71 bits per heavy atom. The van der Waals surface area contributed by atoms with Gasteiger partial charge < -0.3 is 0 Å². The van der Waals surface area contributed by atoms with E-state index in [0.717, 1.165) is 22.7 Å². The number of carbonyl (C=O) groups excluding carboxylic acids is 1. The van der Waals surface area contributed by atoms with E-state index in [1.165, 1.54) is 30.5 Å². The molecule has 0 unspecified atom stereocenters. The van der Waals surface area contributed by atoms with Gasteiger partial charge in [0.05, 0.1) is 11.5 Å². The average molecular weight is 468 g/mol. The van der Waals surface area contributed by atoms with Crippen molar-refractivity contribution in [3.63, 3.8) is 0 Å². The second-order valence-corrected chi connectivity index (χ2v) is 8.21. The molecule has 0 radical (unpaired) electrons. The fraction of sp³-hybridized carbons (Fsp3) is 0.0526. The number of hydrogen-bond acceptors (Lipinski definition) is 5. The molecule has 1 aromatic heterocycles. The predicted molar refractivity (Wildman–Crippen MR) is 100 cm³/mol. The summed E-state index contributed by atoms with van der Waals surface area (Å²) in [6, 6.07) is 11.6. The van der Waals surface area contributed by atoms with Crippen LogP contribution in [-0.4, -0.2) is 19.2 Å². The number of carbonyl (C=O) groups is 1. The van der Waals surface area contributed by atoms with Gasteiger partial charge in [-0.3, -0.25) is 14.0 Å². The molecule has 0 bridgehead atoms. The monoisotopic (exact) mass is 467 g/mol. The van der Waals surface area contributed by atoms with Crippen LogP contribution in [0.25, 0.3) is 0 Å². The molecule has 9 heteroatoms. The molecule has 0 aliphatic rings. The zero-order valence-corrected chi connectivity index (χ0v) is 16.5. The Balaban J connectivity index is 1.69. The third-order valence-electron chi connectivity index (χ3n) is 3.72. The molecule has 1 heterocycles. The second kappa shape index (κ2) is 8.26. The summed E-state index contributed by atoms with van der Waals surface area (Å²) in [4.78, 5) is 16.2. The van der Waals surface area contributed by atoms with Crippen molar-refractivity contribution in [1.29, 1.82) is 0 Å². The standard InChI is InChI=1S/C19H12BrF2NO4S/c20-14-3-5-15(6-4-14)28(25,26)27-11-12-1-8-18(23-10-12)19(24)13-2-7-16(21)17(22)9-13/h1-10H,11H2. The van der Waals surface area contributed by atoms with Crippen molar-refractivity contribution in [2.24, 2.45) is 0 Å². The lowest BCUT2D eigenvalue weighted by atomic mass is 10.1. The minimum Gasteiger partial charge on any atom is -0.287 e. The maximum Gasteiger partial charge on any atom is 0.297 e. The smallest absolute Gasteiger partial charge is 0.287 e. The van der Waals surface area contributed by atoms with Crippen LogP contribution in [0.15, 0.2) is 70.2 Å². The first-order chi connectivity index (χ1) is 13.3. The van der Waals surface area contributed by atoms with Crippen molar-refractivity contribution in [3.8, 4) is 0 Å². The maximum absolute atomic E-state index is 13.3. The van der Waals surface area contributed by atoms with Gasteiger partial charge in [-0.1, -0.05) is 22.0 Å². The Kier molecular flexibility index (Phi) is 5.97. The van der Waals surface area contributed by atoms with E-state index in [2.05, 4.69) is 20.9 Å². The van der Waals surface area contributed by atoms with Crippen molar-refractivity contribution in [3.05, 3.63) is 93.7 Å². The lowest BCUT2D eigenvalue weighted by molar-refractivity contribution is 0.103. The number of pyridine rings is 1. The molecule has 0 N–H and O–H groups in total. The van der Waals surface area contributed by atoms with Crippen LogP contribution >= 0.6 is 15.9 Å². The van der Waals surface area contributed by atoms with Crippen LogP contribution < -0.4 is 0 Å². The van der Waals surface area contributed by atoms with Crippen LogP contribution in [0.4, 0.5) is 8.78 Å². The van der Waals surface area contributed by atoms with E-state index < -0.39 is 27.5 Å². The number of benzene rings is 2. The van der Waals surface area contributed by atoms with E-state index in [9.17, 15) is 22.0 Å². The van der Waals surface area contributed by atoms with Gasteiger partial charge in [0.25, 0.3) is 10.1 Å². The van der Waals surface area contributed by atoms with Gasteiger partial charge in [-0.05, 0) is 54.1 Å². The summed E-state index contributed by atoms with van der Waals surface area (Å²) in [5, 5.41) is 0. The highest BCUT2D eigenvalue weighted by Crippen LogP contribution is 2.18. The van der Waals surface area contributed by atoms with Crippen LogP contribution in [0, 0.1) is 11.6 Å². The Morgan fingerprint density at radius 3 is 2.32 bits per heavy atom. The molecule has 3 aromatic rings. The predicted octanol–water partition coefficient (Wildman–Crippen LogP) is 4.26. The number of halogens is 3. The summed E-state index contributed by atoms with van der Waals surface area (Å²) < 4.78 is 56.3. The molecule has 0 saturated carbocycles. The van der Waals surface area contributed by atoms with Gasteiger partial charge >= 0.3 is 0 Å². The molecule has 0 aliphatic heterocycles. The third-order valence-corrected chi connectivity index (χ3v) is 5.53. The van der Waals surface area contributed by atoms with Crippen LogP contribution in [0.5, 0.6) is 0 Å². The lowest BCUT2D eigenvalue weighted by Gasteiger charge is -2.07. The quantitative estimate of drug-likeness (QED) is 0.400. The van der Waals surface area contributed by atoms with Crippen LogP contribution in [-0.2, 0) is 20.9 Å². The first kappa shape index (κ1) is 20.2. The molecule has 0 atom stereocenters. The highest BCUT2D eigenvalue weighted by atomic mass is 79.9. The van der Waals surface area contributed by atoms with Crippen LogP contribution in [0.1, 0.15) is 21.6 Å². The summed E-state index contributed by atoms with van der Waals surface area (Å²) in [5.74, 6) is -2.77. The molecule has 5 nitrogen and oxygen atoms in total. The molecule has 0 saturated heterocycles. The van der Waals surface area contributed by atoms with Crippen molar-refractivity contribution in [1.82, 2.24) is 4.98 Å². The van der Waals surface area contributed by atoms with E-state index in [-0.39, 0.29) is 22.8 Å². The number of rotatable bonds is 6. The van der Waals surface area contributed by atoms with Crippen LogP contribution in [0.2, 0.25) is 0 Å². The van der Waals surface area contributed by atoms with Crippen molar-refractivity contribution < 1.29 is 26.2 Å². The van der Waals surface area contributed by atoms with Gasteiger partial charge in [0.15, 0.2) is 11.6 Å². The molecular formula is C19H12BrF2NO4S. The van der Waals surface area contributed by atoms with Crippen molar-refractivity contribution in [2.75, 3.05) is 0 Å². The van der Waals surface area contributed by atoms with Crippen molar-refractivity contribution >= 4 is 31.8 Å². The molecular weight excluding hydrogens is 456 g/mol. The SMILES string of the molecule is O=C(c1ccc(F)c(F)c1)c1ccc(COS(=O)(=O)c2ccc(Br)cc2)cn1. The van der Waals surface area contributed by atoms with Gasteiger partial charge in [0, 0.05) is 16.2 Å². The summed E-state index contributed by atoms with van der Waals surface area (Å²) in [7, 11) is -3.95. The van der Waals surface area contributed by atoms with E-state index in [1.807, 2.05) is 0 Å². The summed E-state index contributed by atoms with van der Waals surface area (Å²) in [6.07, 6.45) is 1.28. The van der Waals surface area contributed by atoms with E-state index >= 15 is 0 Å². The Morgan fingerprint density at radius 1 is 1.00 bits per heavy atom. The van der Waals surface area contributed by atoms with Gasteiger partial charge in [-0.15, -0.1) is 0 Å². The molecule has 0 fully saturated rings. The van der Waals surface area contributed by atoms with Crippen molar-refractivity contribution in [2.45, 2.75) is 11.5 Å². The number of ketones is 1. The summed E-state index contributed by atoms with van der Waals surface area (Å²) in [5.41, 5.74) is 0.376. The molecule has 28 heavy (non-hydrogen) atoms. The average Bonchev–Trinajstić information content (AvgIpc) is 2.69. The largest absolute Gasteiger partial charge is 0.297 e. The number of aromatic nitrogens is 1. The second-order valence-electron chi connectivity index (χ2n) is 5.68.